The Hall–Kier alpha value is -2.41. The van der Waals surface area contributed by atoms with Crippen molar-refractivity contribution in [3.63, 3.8) is 0 Å². The van der Waals surface area contributed by atoms with Crippen LogP contribution >= 0.6 is 11.6 Å². The zero-order chi connectivity index (χ0) is 19.9. The van der Waals surface area contributed by atoms with E-state index in [0.717, 1.165) is 42.1 Å². The van der Waals surface area contributed by atoms with Gasteiger partial charge < -0.3 is 15.0 Å². The van der Waals surface area contributed by atoms with Crippen LogP contribution in [0.15, 0.2) is 42.5 Å². The molecule has 0 saturated heterocycles. The summed E-state index contributed by atoms with van der Waals surface area (Å²) in [4.78, 5) is 3.58. The number of nitrogens with one attached hydrogen (secondary N) is 2. The van der Waals surface area contributed by atoms with E-state index in [1.165, 1.54) is 22.2 Å². The van der Waals surface area contributed by atoms with Gasteiger partial charge in [-0.25, -0.2) is 0 Å². The molecule has 3 nitrogen and oxygen atoms in total. The van der Waals surface area contributed by atoms with E-state index in [1.54, 1.807) is 0 Å². The highest BCUT2D eigenvalue weighted by molar-refractivity contribution is 6.31. The van der Waals surface area contributed by atoms with Gasteiger partial charge in [-0.15, -0.1) is 12.3 Å². The predicted molar refractivity (Wildman–Crippen MR) is 118 cm³/mol. The van der Waals surface area contributed by atoms with Crippen molar-refractivity contribution in [2.45, 2.75) is 39.2 Å². The van der Waals surface area contributed by atoms with Gasteiger partial charge in [0.2, 0.25) is 0 Å². The third kappa shape index (κ3) is 4.35. The molecule has 2 aromatic carbocycles. The van der Waals surface area contributed by atoms with Gasteiger partial charge in [0.15, 0.2) is 0 Å². The first kappa shape index (κ1) is 20.3. The lowest BCUT2D eigenvalue weighted by Crippen LogP contribution is -2.30. The minimum atomic E-state index is 0.153. The quantitative estimate of drug-likeness (QED) is 0.419. The number of fused-ring (bicyclic) bond motifs is 3. The summed E-state index contributed by atoms with van der Waals surface area (Å²) in [7, 11) is 0. The zero-order valence-electron chi connectivity index (χ0n) is 16.5. The number of terminal acetylenes is 1. The van der Waals surface area contributed by atoms with Crippen LogP contribution in [0.5, 0.6) is 5.75 Å². The molecule has 0 fully saturated rings. The number of H-pyrrole nitrogens is 1. The summed E-state index contributed by atoms with van der Waals surface area (Å²) in [5.74, 6) is 3.51. The van der Waals surface area contributed by atoms with Crippen molar-refractivity contribution in [3.8, 4) is 18.1 Å². The van der Waals surface area contributed by atoms with Crippen LogP contribution in [-0.2, 0) is 6.42 Å². The lowest BCUT2D eigenvalue weighted by Gasteiger charge is -2.25. The summed E-state index contributed by atoms with van der Waals surface area (Å²) < 4.78 is 5.74. The molecule has 1 aliphatic rings. The molecule has 3 aromatic rings. The summed E-state index contributed by atoms with van der Waals surface area (Å²) in [6, 6.07) is 14.5. The Kier molecular flexibility index (Phi) is 7.03. The maximum absolute atomic E-state index is 6.20. The van der Waals surface area contributed by atoms with Gasteiger partial charge in [0.05, 0.1) is 12.6 Å². The van der Waals surface area contributed by atoms with Crippen molar-refractivity contribution in [1.82, 2.24) is 10.3 Å². The number of unbranched alkanes of at least 4 members (excludes halogenated alkanes) is 1. The van der Waals surface area contributed by atoms with Gasteiger partial charge in [-0.05, 0) is 54.3 Å². The Morgan fingerprint density at radius 3 is 2.71 bits per heavy atom. The summed E-state index contributed by atoms with van der Waals surface area (Å²) in [5.41, 5.74) is 4.96. The topological polar surface area (TPSA) is 37.0 Å². The van der Waals surface area contributed by atoms with E-state index in [4.69, 9.17) is 22.8 Å². The van der Waals surface area contributed by atoms with E-state index in [-0.39, 0.29) is 6.04 Å². The fourth-order valence-electron chi connectivity index (χ4n) is 3.61. The third-order valence-corrected chi connectivity index (χ3v) is 5.10. The maximum Gasteiger partial charge on any atom is 0.119 e. The van der Waals surface area contributed by atoms with E-state index >= 15 is 0 Å². The van der Waals surface area contributed by atoms with E-state index in [1.807, 2.05) is 32.0 Å². The minimum absolute atomic E-state index is 0.153. The van der Waals surface area contributed by atoms with E-state index in [9.17, 15) is 0 Å². The molecule has 0 spiro atoms. The molecule has 1 atom stereocenters. The Labute approximate surface area is 172 Å². The number of benzene rings is 2. The molecule has 0 radical (unpaired) electrons. The Morgan fingerprint density at radius 2 is 1.96 bits per heavy atom. The number of aromatic nitrogens is 1. The molecule has 0 aliphatic carbocycles. The molecule has 2 N–H and O–H groups in total. The standard InChI is InChI=1S/C22H21ClN2O.C2H6/c1-2-3-4-13-26-17-8-5-15(6-9-17)21-22-18(11-12-24-21)19-14-16(23)7-10-20(19)25-22;1-2/h1,5-10,14,21,24-25H,3-4,11-13H2;1-2H3. The smallest absolute Gasteiger partial charge is 0.119 e. The molecule has 0 bridgehead atoms. The lowest BCUT2D eigenvalue weighted by atomic mass is 9.94. The number of ether oxygens (including phenoxy) is 1. The summed E-state index contributed by atoms with van der Waals surface area (Å²) >= 11 is 6.20. The number of hydrogen-bond acceptors (Lipinski definition) is 2. The zero-order valence-corrected chi connectivity index (χ0v) is 17.3. The van der Waals surface area contributed by atoms with Gasteiger partial charge in [0.25, 0.3) is 0 Å². The highest BCUT2D eigenvalue weighted by Gasteiger charge is 2.25. The molecular formula is C24H27ClN2O. The molecule has 4 heteroatoms. The number of rotatable bonds is 5. The highest BCUT2D eigenvalue weighted by atomic mass is 35.5. The van der Waals surface area contributed by atoms with Crippen LogP contribution in [0.1, 0.15) is 49.6 Å². The average molecular weight is 395 g/mol. The Morgan fingerprint density at radius 1 is 1.18 bits per heavy atom. The monoisotopic (exact) mass is 394 g/mol. The van der Waals surface area contributed by atoms with E-state index in [2.05, 4.69) is 40.5 Å². The second kappa shape index (κ2) is 9.68. The third-order valence-electron chi connectivity index (χ3n) is 4.86. The van der Waals surface area contributed by atoms with Gasteiger partial charge in [0, 0.05) is 34.6 Å². The highest BCUT2D eigenvalue weighted by Crippen LogP contribution is 2.35. The number of hydrogen-bond donors (Lipinski definition) is 2. The molecule has 0 saturated carbocycles. The van der Waals surface area contributed by atoms with Crippen molar-refractivity contribution in [1.29, 1.82) is 0 Å². The molecule has 0 amide bonds. The first-order valence-corrected chi connectivity index (χ1v) is 10.3. The van der Waals surface area contributed by atoms with Crippen molar-refractivity contribution in [3.05, 3.63) is 64.3 Å². The largest absolute Gasteiger partial charge is 0.494 e. The van der Waals surface area contributed by atoms with Crippen molar-refractivity contribution >= 4 is 22.5 Å². The van der Waals surface area contributed by atoms with Crippen molar-refractivity contribution < 1.29 is 4.74 Å². The second-order valence-electron chi connectivity index (χ2n) is 6.57. The fraction of sp³-hybridized carbons (Fsp3) is 0.333. The Balaban J connectivity index is 0.00000109. The molecule has 1 aromatic heterocycles. The molecule has 146 valence electrons. The van der Waals surface area contributed by atoms with E-state index < -0.39 is 0 Å². The second-order valence-corrected chi connectivity index (χ2v) is 7.01. The van der Waals surface area contributed by atoms with Gasteiger partial charge >= 0.3 is 0 Å². The van der Waals surface area contributed by atoms with Gasteiger partial charge in [0.1, 0.15) is 5.75 Å². The molecule has 1 aliphatic heterocycles. The van der Waals surface area contributed by atoms with Gasteiger partial charge in [-0.3, -0.25) is 0 Å². The average Bonchev–Trinajstić information content (AvgIpc) is 3.11. The Bertz CT molecular complexity index is 953. The number of aromatic amines is 1. The molecule has 28 heavy (non-hydrogen) atoms. The first-order chi connectivity index (χ1) is 13.8. The first-order valence-electron chi connectivity index (χ1n) is 9.96. The predicted octanol–water partition coefficient (Wildman–Crippen LogP) is 5.87. The van der Waals surface area contributed by atoms with Crippen LogP contribution in [-0.4, -0.2) is 18.1 Å². The van der Waals surface area contributed by atoms with Crippen LogP contribution in [0.4, 0.5) is 0 Å². The van der Waals surface area contributed by atoms with Gasteiger partial charge in [-0.2, -0.15) is 0 Å². The summed E-state index contributed by atoms with van der Waals surface area (Å²) in [6.07, 6.45) is 7.89. The number of halogens is 1. The van der Waals surface area contributed by atoms with Crippen molar-refractivity contribution in [2.24, 2.45) is 0 Å². The molecule has 2 heterocycles. The lowest BCUT2D eigenvalue weighted by molar-refractivity contribution is 0.313. The normalized spacial score (nSPS) is 15.3. The van der Waals surface area contributed by atoms with Crippen LogP contribution in [0, 0.1) is 12.3 Å². The maximum atomic E-state index is 6.20. The summed E-state index contributed by atoms with van der Waals surface area (Å²) in [6.45, 7) is 5.60. The van der Waals surface area contributed by atoms with E-state index in [0.29, 0.717) is 6.61 Å². The van der Waals surface area contributed by atoms with Crippen LogP contribution < -0.4 is 10.1 Å². The summed E-state index contributed by atoms with van der Waals surface area (Å²) in [5, 5.41) is 5.63. The van der Waals surface area contributed by atoms with Gasteiger partial charge in [-0.1, -0.05) is 37.6 Å². The van der Waals surface area contributed by atoms with Crippen LogP contribution in [0.25, 0.3) is 10.9 Å². The van der Waals surface area contributed by atoms with Crippen LogP contribution in [0.2, 0.25) is 5.02 Å². The minimum Gasteiger partial charge on any atom is -0.494 e. The van der Waals surface area contributed by atoms with Crippen LogP contribution in [0.3, 0.4) is 0 Å². The molecule has 1 unspecified atom stereocenters. The molecular weight excluding hydrogens is 368 g/mol. The van der Waals surface area contributed by atoms with Crippen molar-refractivity contribution in [2.75, 3.05) is 13.2 Å². The fourth-order valence-corrected chi connectivity index (χ4v) is 3.78. The SMILES string of the molecule is C#CCCCOc1ccc(C2NCCc3c2[nH]c2ccc(Cl)cc32)cc1.CC. The molecule has 4 rings (SSSR count).